The van der Waals surface area contributed by atoms with Crippen molar-refractivity contribution in [3.63, 3.8) is 0 Å². The molecule has 184 valence electrons. The molecule has 0 aliphatic heterocycles. The van der Waals surface area contributed by atoms with Crippen LogP contribution in [-0.4, -0.2) is 39.1 Å². The molecule has 0 radical (unpaired) electrons. The molecule has 0 saturated heterocycles. The molecule has 0 amide bonds. The molecule has 2 aromatic carbocycles. The summed E-state index contributed by atoms with van der Waals surface area (Å²) in [5, 5.41) is 14.2. The first-order chi connectivity index (χ1) is 18.0. The number of aromatic nitrogens is 8. The van der Waals surface area contributed by atoms with Gasteiger partial charge in [-0.25, -0.2) is 14.2 Å². The molecule has 8 nitrogen and oxygen atoms in total. The van der Waals surface area contributed by atoms with E-state index >= 15 is 0 Å². The minimum atomic E-state index is 0.471. The zero-order valence-corrected chi connectivity index (χ0v) is 21.9. The molecule has 0 saturated carbocycles. The number of pyridine rings is 1. The van der Waals surface area contributed by atoms with E-state index in [9.17, 15) is 0 Å². The van der Waals surface area contributed by atoms with Crippen LogP contribution in [-0.2, 0) is 5.75 Å². The van der Waals surface area contributed by atoms with Crippen LogP contribution < -0.4 is 0 Å². The average Bonchev–Trinajstić information content (AvgIpc) is 3.60. The van der Waals surface area contributed by atoms with E-state index in [1.54, 1.807) is 21.0 Å². The van der Waals surface area contributed by atoms with Gasteiger partial charge in [-0.05, 0) is 80.8 Å². The standard InChI is InChI=1S/C28H26N8S/c1-18-8-7-9-22(14-18)35-21(4)24(16-29-35)27-30-25(17-37-23-12-11-19(2)20(3)15-23)32-36(27)28-31-26-10-5-6-13-34(26)33-28/h5-16H,17H2,1-4H3. The summed E-state index contributed by atoms with van der Waals surface area (Å²) in [4.78, 5) is 10.9. The molecule has 6 rings (SSSR count). The van der Waals surface area contributed by atoms with Crippen molar-refractivity contribution in [1.82, 2.24) is 39.1 Å². The van der Waals surface area contributed by atoms with Crippen LogP contribution in [0.2, 0.25) is 0 Å². The lowest BCUT2D eigenvalue weighted by Gasteiger charge is -2.06. The zero-order valence-electron chi connectivity index (χ0n) is 21.1. The monoisotopic (exact) mass is 506 g/mol. The zero-order chi connectivity index (χ0) is 25.5. The van der Waals surface area contributed by atoms with E-state index in [-0.39, 0.29) is 0 Å². The third kappa shape index (κ3) is 4.42. The summed E-state index contributed by atoms with van der Waals surface area (Å²) in [6, 6.07) is 20.6. The number of thioether (sulfide) groups is 1. The van der Waals surface area contributed by atoms with Gasteiger partial charge in [-0.15, -0.1) is 22.0 Å². The van der Waals surface area contributed by atoms with Crippen LogP contribution in [0.1, 0.15) is 28.2 Å². The fourth-order valence-electron chi connectivity index (χ4n) is 4.24. The molecular formula is C28H26N8S. The first kappa shape index (κ1) is 23.2. The highest BCUT2D eigenvalue weighted by Gasteiger charge is 2.21. The van der Waals surface area contributed by atoms with Crippen molar-refractivity contribution in [2.75, 3.05) is 0 Å². The van der Waals surface area contributed by atoms with E-state index in [0.717, 1.165) is 22.6 Å². The van der Waals surface area contributed by atoms with Gasteiger partial charge in [0.05, 0.1) is 28.9 Å². The molecule has 9 heteroatoms. The maximum atomic E-state index is 4.96. The van der Waals surface area contributed by atoms with Crippen molar-refractivity contribution in [2.45, 2.75) is 38.3 Å². The molecule has 0 bridgehead atoms. The van der Waals surface area contributed by atoms with Gasteiger partial charge >= 0.3 is 0 Å². The topological polar surface area (TPSA) is 78.7 Å². The van der Waals surface area contributed by atoms with Crippen LogP contribution in [0.15, 0.2) is 78.0 Å². The van der Waals surface area contributed by atoms with Gasteiger partial charge in [-0.2, -0.15) is 14.8 Å². The molecule has 0 N–H and O–H groups in total. The second-order valence-corrected chi connectivity index (χ2v) is 10.2. The number of rotatable bonds is 6. The summed E-state index contributed by atoms with van der Waals surface area (Å²) in [5.41, 5.74) is 7.34. The third-order valence-electron chi connectivity index (χ3n) is 6.41. The van der Waals surface area contributed by atoms with Gasteiger partial charge in [0, 0.05) is 11.1 Å². The largest absolute Gasteiger partial charge is 0.272 e. The second-order valence-electron chi connectivity index (χ2n) is 9.11. The van der Waals surface area contributed by atoms with E-state index in [0.29, 0.717) is 23.4 Å². The highest BCUT2D eigenvalue weighted by atomic mass is 32.2. The van der Waals surface area contributed by atoms with Crippen LogP contribution in [0.3, 0.4) is 0 Å². The quantitative estimate of drug-likeness (QED) is 0.270. The lowest BCUT2D eigenvalue weighted by molar-refractivity contribution is 0.791. The highest BCUT2D eigenvalue weighted by molar-refractivity contribution is 7.98. The van der Waals surface area contributed by atoms with Crippen LogP contribution in [0.25, 0.3) is 28.7 Å². The Morgan fingerprint density at radius 2 is 1.70 bits per heavy atom. The number of fused-ring (bicyclic) bond motifs is 1. The number of nitrogens with zero attached hydrogens (tertiary/aromatic N) is 8. The van der Waals surface area contributed by atoms with E-state index in [4.69, 9.17) is 15.1 Å². The second kappa shape index (κ2) is 9.33. The van der Waals surface area contributed by atoms with Crippen molar-refractivity contribution in [2.24, 2.45) is 0 Å². The molecule has 4 heterocycles. The molecular weight excluding hydrogens is 480 g/mol. The molecule has 0 aliphatic carbocycles. The Kier molecular flexibility index (Phi) is 5.84. The molecule has 0 fully saturated rings. The number of hydrogen-bond donors (Lipinski definition) is 0. The normalized spacial score (nSPS) is 11.5. The lowest BCUT2D eigenvalue weighted by Crippen LogP contribution is -2.04. The van der Waals surface area contributed by atoms with E-state index < -0.39 is 0 Å². The predicted octanol–water partition coefficient (Wildman–Crippen LogP) is 5.69. The maximum Gasteiger partial charge on any atom is 0.272 e. The average molecular weight is 507 g/mol. The van der Waals surface area contributed by atoms with Crippen LogP contribution in [0.4, 0.5) is 0 Å². The first-order valence-corrected chi connectivity index (χ1v) is 13.0. The predicted molar refractivity (Wildman–Crippen MR) is 145 cm³/mol. The van der Waals surface area contributed by atoms with Gasteiger partial charge in [0.25, 0.3) is 5.95 Å². The minimum absolute atomic E-state index is 0.471. The van der Waals surface area contributed by atoms with Crippen molar-refractivity contribution in [1.29, 1.82) is 0 Å². The highest BCUT2D eigenvalue weighted by Crippen LogP contribution is 2.28. The summed E-state index contributed by atoms with van der Waals surface area (Å²) in [6.45, 7) is 8.38. The Morgan fingerprint density at radius 1 is 0.811 bits per heavy atom. The SMILES string of the molecule is Cc1cccc(-n2ncc(-c3nc(CSc4ccc(C)c(C)c4)nn3-c3nc4ccccn4n3)c2C)c1. The van der Waals surface area contributed by atoms with Gasteiger partial charge in [-0.3, -0.25) is 0 Å². The Morgan fingerprint density at radius 3 is 2.51 bits per heavy atom. The van der Waals surface area contributed by atoms with Crippen molar-refractivity contribution >= 4 is 17.4 Å². The number of benzene rings is 2. The Labute approximate surface area is 219 Å². The van der Waals surface area contributed by atoms with E-state index in [1.165, 1.54) is 21.6 Å². The third-order valence-corrected chi connectivity index (χ3v) is 7.40. The van der Waals surface area contributed by atoms with Gasteiger partial charge < -0.3 is 0 Å². The smallest absolute Gasteiger partial charge is 0.237 e. The van der Waals surface area contributed by atoms with Crippen LogP contribution >= 0.6 is 11.8 Å². The molecule has 6 aromatic rings. The summed E-state index contributed by atoms with van der Waals surface area (Å²) in [6.07, 6.45) is 3.72. The molecule has 0 unspecified atom stereocenters. The van der Waals surface area contributed by atoms with Gasteiger partial charge in [0.1, 0.15) is 0 Å². The Bertz CT molecular complexity index is 1710. The molecule has 37 heavy (non-hydrogen) atoms. The van der Waals surface area contributed by atoms with E-state index in [2.05, 4.69) is 67.4 Å². The molecule has 0 aliphatic rings. The molecule has 0 atom stereocenters. The number of hydrogen-bond acceptors (Lipinski definition) is 6. The fourth-order valence-corrected chi connectivity index (χ4v) is 5.08. The van der Waals surface area contributed by atoms with Crippen molar-refractivity contribution < 1.29 is 0 Å². The van der Waals surface area contributed by atoms with Gasteiger partial charge in [0.2, 0.25) is 0 Å². The van der Waals surface area contributed by atoms with Crippen LogP contribution in [0, 0.1) is 27.7 Å². The van der Waals surface area contributed by atoms with E-state index in [1.807, 2.05) is 48.3 Å². The van der Waals surface area contributed by atoms with Crippen molar-refractivity contribution in [3.8, 4) is 23.0 Å². The van der Waals surface area contributed by atoms with Gasteiger partial charge in [-0.1, -0.05) is 24.3 Å². The molecule has 0 spiro atoms. The van der Waals surface area contributed by atoms with Gasteiger partial charge in [0.15, 0.2) is 17.3 Å². The summed E-state index contributed by atoms with van der Waals surface area (Å²) >= 11 is 1.72. The summed E-state index contributed by atoms with van der Waals surface area (Å²) < 4.78 is 5.41. The summed E-state index contributed by atoms with van der Waals surface area (Å²) in [7, 11) is 0. The fraction of sp³-hybridized carbons (Fsp3) is 0.179. The number of aryl methyl sites for hydroxylation is 3. The molecule has 4 aromatic heterocycles. The summed E-state index contributed by atoms with van der Waals surface area (Å²) in [5.74, 6) is 2.47. The first-order valence-electron chi connectivity index (χ1n) is 12.1. The Balaban J connectivity index is 1.42. The minimum Gasteiger partial charge on any atom is -0.237 e. The van der Waals surface area contributed by atoms with Crippen LogP contribution in [0.5, 0.6) is 0 Å². The lowest BCUT2D eigenvalue weighted by atomic mass is 10.1. The maximum absolute atomic E-state index is 4.96. The van der Waals surface area contributed by atoms with Crippen molar-refractivity contribution in [3.05, 3.63) is 101 Å². The Hall–Kier alpha value is -4.24.